The van der Waals surface area contributed by atoms with Crippen LogP contribution in [0.4, 0.5) is 0 Å². The summed E-state index contributed by atoms with van der Waals surface area (Å²) < 4.78 is 0. The Bertz CT molecular complexity index is 507. The molecule has 1 aromatic carbocycles. The summed E-state index contributed by atoms with van der Waals surface area (Å²) in [6.45, 7) is 0.577. The van der Waals surface area contributed by atoms with E-state index in [1.54, 1.807) is 12.1 Å². The average molecular weight is 271 g/mol. The van der Waals surface area contributed by atoms with Crippen LogP contribution >= 0.6 is 0 Å². The van der Waals surface area contributed by atoms with E-state index in [2.05, 4.69) is 17.2 Å². The minimum atomic E-state index is -0.169. The first kappa shape index (κ1) is 14.6. The van der Waals surface area contributed by atoms with Gasteiger partial charge < -0.3 is 10.4 Å². The lowest BCUT2D eigenvalue weighted by Gasteiger charge is -2.10. The van der Waals surface area contributed by atoms with Crippen molar-refractivity contribution in [3.05, 3.63) is 35.4 Å². The minimum Gasteiger partial charge on any atom is -0.384 e. The molecule has 0 aromatic heterocycles. The van der Waals surface area contributed by atoms with Gasteiger partial charge >= 0.3 is 0 Å². The van der Waals surface area contributed by atoms with Crippen LogP contribution in [0.25, 0.3) is 0 Å². The molecule has 0 atom stereocenters. The van der Waals surface area contributed by atoms with Gasteiger partial charge in [-0.15, -0.1) is 0 Å². The topological polar surface area (TPSA) is 49.3 Å². The number of nitrogens with one attached hydrogen (secondary N) is 1. The van der Waals surface area contributed by atoms with Gasteiger partial charge in [-0.25, -0.2) is 0 Å². The second-order valence-electron chi connectivity index (χ2n) is 5.24. The number of benzene rings is 1. The lowest BCUT2D eigenvalue weighted by molar-refractivity contribution is 0.0951. The standard InChI is InChI=1S/C17H21NO2/c19-12-4-8-15-7-3-9-16(13-15)17(20)18-11-10-14-5-1-2-6-14/h3,7,9,13-14,19H,1-2,5-6,10-12H2,(H,18,20). The number of amides is 1. The molecule has 3 heteroatoms. The Labute approximate surface area is 120 Å². The van der Waals surface area contributed by atoms with Gasteiger partial charge in [0.1, 0.15) is 6.61 Å². The molecule has 0 spiro atoms. The predicted octanol–water partition coefficient (Wildman–Crippen LogP) is 2.34. The number of rotatable bonds is 4. The maximum absolute atomic E-state index is 12.0. The van der Waals surface area contributed by atoms with Crippen molar-refractivity contribution in [2.75, 3.05) is 13.2 Å². The zero-order valence-corrected chi connectivity index (χ0v) is 11.7. The molecule has 0 radical (unpaired) electrons. The average Bonchev–Trinajstić information content (AvgIpc) is 2.98. The van der Waals surface area contributed by atoms with Crippen molar-refractivity contribution in [1.82, 2.24) is 5.32 Å². The summed E-state index contributed by atoms with van der Waals surface area (Å²) >= 11 is 0. The van der Waals surface area contributed by atoms with E-state index < -0.39 is 0 Å². The molecule has 3 nitrogen and oxygen atoms in total. The summed E-state index contributed by atoms with van der Waals surface area (Å²) in [6.07, 6.45) is 6.37. The lowest BCUT2D eigenvalue weighted by Crippen LogP contribution is -2.25. The van der Waals surface area contributed by atoms with Crippen molar-refractivity contribution < 1.29 is 9.90 Å². The monoisotopic (exact) mass is 271 g/mol. The second-order valence-corrected chi connectivity index (χ2v) is 5.24. The molecular weight excluding hydrogens is 250 g/mol. The van der Waals surface area contributed by atoms with E-state index >= 15 is 0 Å². The molecule has 1 amide bonds. The highest BCUT2D eigenvalue weighted by Crippen LogP contribution is 2.26. The summed E-state index contributed by atoms with van der Waals surface area (Å²) in [5.41, 5.74) is 1.38. The Morgan fingerprint density at radius 1 is 1.35 bits per heavy atom. The first-order valence-electron chi connectivity index (χ1n) is 7.27. The maximum atomic E-state index is 12.0. The summed E-state index contributed by atoms with van der Waals surface area (Å²) in [7, 11) is 0. The molecule has 1 aliphatic carbocycles. The van der Waals surface area contributed by atoms with E-state index in [0.29, 0.717) is 5.56 Å². The van der Waals surface area contributed by atoms with Gasteiger partial charge in [0.05, 0.1) is 0 Å². The highest BCUT2D eigenvalue weighted by molar-refractivity contribution is 5.94. The Balaban J connectivity index is 1.85. The highest BCUT2D eigenvalue weighted by Gasteiger charge is 2.14. The Morgan fingerprint density at radius 2 is 2.15 bits per heavy atom. The molecule has 0 bridgehead atoms. The molecule has 1 aromatic rings. The molecule has 0 aliphatic heterocycles. The van der Waals surface area contributed by atoms with E-state index in [4.69, 9.17) is 5.11 Å². The fourth-order valence-electron chi connectivity index (χ4n) is 2.67. The molecule has 1 saturated carbocycles. The van der Waals surface area contributed by atoms with Gasteiger partial charge in [0.15, 0.2) is 0 Å². The van der Waals surface area contributed by atoms with Crippen LogP contribution in [-0.2, 0) is 0 Å². The van der Waals surface area contributed by atoms with Crippen LogP contribution in [0.5, 0.6) is 0 Å². The molecule has 2 rings (SSSR count). The number of hydrogen-bond acceptors (Lipinski definition) is 2. The third-order valence-corrected chi connectivity index (χ3v) is 3.75. The molecule has 0 heterocycles. The minimum absolute atomic E-state index is 0.0457. The molecule has 0 unspecified atom stereocenters. The van der Waals surface area contributed by atoms with Crippen molar-refractivity contribution >= 4 is 5.91 Å². The number of carbonyl (C=O) groups is 1. The Kier molecular flexibility index (Phi) is 5.64. The molecule has 106 valence electrons. The fraction of sp³-hybridized carbons (Fsp3) is 0.471. The first-order valence-corrected chi connectivity index (χ1v) is 7.27. The molecular formula is C17H21NO2. The van der Waals surface area contributed by atoms with Gasteiger partial charge in [-0.2, -0.15) is 0 Å². The van der Waals surface area contributed by atoms with Crippen LogP contribution in [0.15, 0.2) is 24.3 Å². The van der Waals surface area contributed by atoms with Crippen LogP contribution in [0, 0.1) is 17.8 Å². The second kappa shape index (κ2) is 7.72. The summed E-state index contributed by atoms with van der Waals surface area (Å²) in [5.74, 6) is 6.14. The van der Waals surface area contributed by atoms with Crippen molar-refractivity contribution in [2.24, 2.45) is 5.92 Å². The van der Waals surface area contributed by atoms with Gasteiger partial charge in [0, 0.05) is 17.7 Å². The fourth-order valence-corrected chi connectivity index (χ4v) is 2.67. The van der Waals surface area contributed by atoms with Gasteiger partial charge in [-0.05, 0) is 30.5 Å². The van der Waals surface area contributed by atoms with E-state index in [0.717, 1.165) is 24.4 Å². The third kappa shape index (κ3) is 4.40. The van der Waals surface area contributed by atoms with Crippen molar-refractivity contribution in [3.8, 4) is 11.8 Å². The normalized spacial score (nSPS) is 14.7. The predicted molar refractivity (Wildman–Crippen MR) is 79.3 cm³/mol. The molecule has 2 N–H and O–H groups in total. The van der Waals surface area contributed by atoms with Crippen LogP contribution in [0.2, 0.25) is 0 Å². The van der Waals surface area contributed by atoms with Gasteiger partial charge in [-0.3, -0.25) is 4.79 Å². The quantitative estimate of drug-likeness (QED) is 0.826. The summed E-state index contributed by atoms with van der Waals surface area (Å²) in [5, 5.41) is 11.6. The van der Waals surface area contributed by atoms with Crippen LogP contribution < -0.4 is 5.32 Å². The smallest absolute Gasteiger partial charge is 0.251 e. The van der Waals surface area contributed by atoms with Crippen molar-refractivity contribution in [1.29, 1.82) is 0 Å². The van der Waals surface area contributed by atoms with E-state index in [1.807, 2.05) is 12.1 Å². The number of carbonyl (C=O) groups excluding carboxylic acids is 1. The zero-order chi connectivity index (χ0) is 14.2. The van der Waals surface area contributed by atoms with Crippen LogP contribution in [-0.4, -0.2) is 24.2 Å². The van der Waals surface area contributed by atoms with Crippen molar-refractivity contribution in [2.45, 2.75) is 32.1 Å². The van der Waals surface area contributed by atoms with Gasteiger partial charge in [-0.1, -0.05) is 43.6 Å². The van der Waals surface area contributed by atoms with E-state index in [1.165, 1.54) is 25.7 Å². The number of aliphatic hydroxyl groups excluding tert-OH is 1. The van der Waals surface area contributed by atoms with E-state index in [-0.39, 0.29) is 12.5 Å². The number of hydrogen-bond donors (Lipinski definition) is 2. The zero-order valence-electron chi connectivity index (χ0n) is 11.7. The lowest BCUT2D eigenvalue weighted by atomic mass is 10.0. The van der Waals surface area contributed by atoms with Crippen molar-refractivity contribution in [3.63, 3.8) is 0 Å². The molecule has 20 heavy (non-hydrogen) atoms. The van der Waals surface area contributed by atoms with E-state index in [9.17, 15) is 4.79 Å². The summed E-state index contributed by atoms with van der Waals surface area (Å²) in [6, 6.07) is 7.19. The summed E-state index contributed by atoms with van der Waals surface area (Å²) in [4.78, 5) is 12.0. The number of aliphatic hydroxyl groups is 1. The maximum Gasteiger partial charge on any atom is 0.251 e. The Morgan fingerprint density at radius 3 is 2.90 bits per heavy atom. The van der Waals surface area contributed by atoms with Gasteiger partial charge in [0.25, 0.3) is 5.91 Å². The molecule has 1 aliphatic rings. The van der Waals surface area contributed by atoms with Crippen LogP contribution in [0.3, 0.4) is 0 Å². The van der Waals surface area contributed by atoms with Crippen LogP contribution in [0.1, 0.15) is 48.0 Å². The highest BCUT2D eigenvalue weighted by atomic mass is 16.2. The largest absolute Gasteiger partial charge is 0.384 e. The molecule has 1 fully saturated rings. The molecule has 0 saturated heterocycles. The SMILES string of the molecule is O=C(NCCC1CCCC1)c1cccc(C#CCO)c1. The Hall–Kier alpha value is -1.79. The third-order valence-electron chi connectivity index (χ3n) is 3.75. The van der Waals surface area contributed by atoms with Gasteiger partial charge in [0.2, 0.25) is 0 Å². The first-order chi connectivity index (χ1) is 9.79.